The van der Waals surface area contributed by atoms with E-state index in [2.05, 4.69) is 10.5 Å². The second-order valence-electron chi connectivity index (χ2n) is 7.72. The number of halogens is 1. The molecule has 4 rings (SSSR count). The van der Waals surface area contributed by atoms with Gasteiger partial charge in [-0.2, -0.15) is 0 Å². The van der Waals surface area contributed by atoms with Crippen LogP contribution in [0.25, 0.3) is 11.0 Å². The van der Waals surface area contributed by atoms with Crippen molar-refractivity contribution in [2.75, 3.05) is 25.1 Å². The van der Waals surface area contributed by atoms with E-state index in [0.29, 0.717) is 18.8 Å². The number of aromatic carboxylic acids is 1. The van der Waals surface area contributed by atoms with Gasteiger partial charge in [-0.05, 0) is 18.9 Å². The van der Waals surface area contributed by atoms with Crippen LogP contribution in [0, 0.1) is 11.2 Å². The molecule has 2 aromatic rings. The maximum Gasteiger partial charge on any atom is 0.341 e. The van der Waals surface area contributed by atoms with Gasteiger partial charge in [-0.25, -0.2) is 14.2 Å². The SMILES string of the molecule is CONC1=CN(c2nc3c(cc2F)c(=O)c(C(=O)O)cn3C2CC2)CC1(C)CN. The number of rotatable bonds is 6. The molecular weight excluding hydrogens is 381 g/mol. The van der Waals surface area contributed by atoms with Crippen molar-refractivity contribution in [1.82, 2.24) is 15.0 Å². The number of nitrogens with zero attached hydrogens (tertiary/aromatic N) is 3. The summed E-state index contributed by atoms with van der Waals surface area (Å²) in [5.74, 6) is -2.01. The second-order valence-corrected chi connectivity index (χ2v) is 7.72. The van der Waals surface area contributed by atoms with Crippen LogP contribution in [0.3, 0.4) is 0 Å². The Balaban J connectivity index is 1.88. The van der Waals surface area contributed by atoms with Gasteiger partial charge in [0.25, 0.3) is 0 Å². The van der Waals surface area contributed by atoms with E-state index in [1.807, 2.05) is 6.92 Å². The molecule has 4 N–H and O–H groups in total. The summed E-state index contributed by atoms with van der Waals surface area (Å²) in [4.78, 5) is 35.1. The Labute approximate surface area is 165 Å². The molecule has 2 aliphatic rings. The van der Waals surface area contributed by atoms with E-state index >= 15 is 0 Å². The molecule has 0 aromatic carbocycles. The Morgan fingerprint density at radius 2 is 2.24 bits per heavy atom. The number of carbonyl (C=O) groups is 1. The molecule has 3 heterocycles. The van der Waals surface area contributed by atoms with Crippen LogP contribution in [-0.4, -0.2) is 40.8 Å². The van der Waals surface area contributed by atoms with Crippen LogP contribution < -0.4 is 21.5 Å². The highest BCUT2D eigenvalue weighted by Gasteiger charge is 2.38. The molecule has 9 nitrogen and oxygen atoms in total. The lowest BCUT2D eigenvalue weighted by Gasteiger charge is -2.27. The Bertz CT molecular complexity index is 1090. The highest BCUT2D eigenvalue weighted by Crippen LogP contribution is 2.38. The molecule has 29 heavy (non-hydrogen) atoms. The van der Waals surface area contributed by atoms with Crippen molar-refractivity contribution in [2.45, 2.75) is 25.8 Å². The fourth-order valence-electron chi connectivity index (χ4n) is 3.61. The first-order valence-corrected chi connectivity index (χ1v) is 9.26. The van der Waals surface area contributed by atoms with Crippen LogP contribution in [0.2, 0.25) is 0 Å². The van der Waals surface area contributed by atoms with E-state index in [1.165, 1.54) is 13.3 Å². The molecular formula is C19H22FN5O4. The van der Waals surface area contributed by atoms with Crippen LogP contribution in [0.15, 0.2) is 29.0 Å². The molecule has 154 valence electrons. The molecule has 2 aromatic heterocycles. The molecule has 0 spiro atoms. The van der Waals surface area contributed by atoms with E-state index in [-0.39, 0.29) is 28.5 Å². The first kappa shape index (κ1) is 19.3. The number of pyridine rings is 2. The van der Waals surface area contributed by atoms with Gasteiger partial charge in [0.1, 0.15) is 11.2 Å². The van der Waals surface area contributed by atoms with Gasteiger partial charge in [0.2, 0.25) is 5.43 Å². The summed E-state index contributed by atoms with van der Waals surface area (Å²) < 4.78 is 16.7. The third-order valence-electron chi connectivity index (χ3n) is 5.50. The summed E-state index contributed by atoms with van der Waals surface area (Å²) in [6.07, 6.45) is 4.68. The molecule has 10 heteroatoms. The summed E-state index contributed by atoms with van der Waals surface area (Å²) in [6, 6.07) is 1.12. The van der Waals surface area contributed by atoms with E-state index in [9.17, 15) is 19.1 Å². The summed E-state index contributed by atoms with van der Waals surface area (Å²) in [7, 11) is 1.48. The molecule has 0 bridgehead atoms. The number of anilines is 1. The zero-order chi connectivity index (χ0) is 20.9. The summed E-state index contributed by atoms with van der Waals surface area (Å²) in [6.45, 7) is 2.59. The molecule has 1 saturated carbocycles. The maximum absolute atomic E-state index is 15.0. The number of aromatic nitrogens is 2. The van der Waals surface area contributed by atoms with Crippen molar-refractivity contribution in [3.63, 3.8) is 0 Å². The molecule has 1 fully saturated rings. The molecule has 1 aliphatic heterocycles. The van der Waals surface area contributed by atoms with Gasteiger partial charge < -0.3 is 20.3 Å². The lowest BCUT2D eigenvalue weighted by molar-refractivity contribution is 0.0695. The van der Waals surface area contributed by atoms with Crippen molar-refractivity contribution in [3.8, 4) is 0 Å². The number of hydroxylamine groups is 1. The van der Waals surface area contributed by atoms with Crippen LogP contribution in [-0.2, 0) is 4.84 Å². The predicted octanol–water partition coefficient (Wildman–Crippen LogP) is 1.35. The van der Waals surface area contributed by atoms with Crippen LogP contribution in [0.1, 0.15) is 36.2 Å². The monoisotopic (exact) mass is 403 g/mol. The third-order valence-corrected chi connectivity index (χ3v) is 5.50. The van der Waals surface area contributed by atoms with Gasteiger partial charge in [0.05, 0.1) is 18.2 Å². The number of hydrogen-bond acceptors (Lipinski definition) is 7. The number of nitrogens with one attached hydrogen (secondary N) is 1. The number of fused-ring (bicyclic) bond motifs is 1. The van der Waals surface area contributed by atoms with E-state index in [4.69, 9.17) is 10.6 Å². The number of nitrogens with two attached hydrogens (primary N) is 1. The minimum Gasteiger partial charge on any atom is -0.477 e. The Kier molecular flexibility index (Phi) is 4.55. The van der Waals surface area contributed by atoms with Crippen LogP contribution >= 0.6 is 0 Å². The lowest BCUT2D eigenvalue weighted by atomic mass is 9.89. The number of hydrogen-bond donors (Lipinski definition) is 3. The van der Waals surface area contributed by atoms with Gasteiger partial charge in [0.15, 0.2) is 11.6 Å². The topological polar surface area (TPSA) is 123 Å². The first-order chi connectivity index (χ1) is 13.8. The van der Waals surface area contributed by atoms with Crippen LogP contribution in [0.4, 0.5) is 10.2 Å². The average Bonchev–Trinajstić information content (AvgIpc) is 3.47. The normalized spacial score (nSPS) is 21.5. The quantitative estimate of drug-likeness (QED) is 0.618. The molecule has 0 radical (unpaired) electrons. The standard InChI is InChI=1S/C19H22FN5O4/c1-19(8-21)9-24(7-14(19)23-29-2)17-13(20)5-11-15(26)12(18(27)28)6-25(10-3-4-10)16(11)22-17/h5-7,10,23H,3-4,8-9,21H2,1-2H3,(H,27,28). The summed E-state index contributed by atoms with van der Waals surface area (Å²) in [5, 5.41) is 9.30. The van der Waals surface area contributed by atoms with Crippen molar-refractivity contribution in [1.29, 1.82) is 0 Å². The molecule has 0 amide bonds. The Morgan fingerprint density at radius 1 is 1.52 bits per heavy atom. The smallest absolute Gasteiger partial charge is 0.341 e. The van der Waals surface area contributed by atoms with Gasteiger partial charge in [-0.3, -0.25) is 15.1 Å². The van der Waals surface area contributed by atoms with E-state index < -0.39 is 22.6 Å². The first-order valence-electron chi connectivity index (χ1n) is 9.26. The van der Waals surface area contributed by atoms with Crippen molar-refractivity contribution >= 4 is 22.8 Å². The fraction of sp³-hybridized carbons (Fsp3) is 0.421. The molecule has 1 aliphatic carbocycles. The molecule has 0 saturated heterocycles. The lowest BCUT2D eigenvalue weighted by Crippen LogP contribution is -2.38. The predicted molar refractivity (Wildman–Crippen MR) is 104 cm³/mol. The van der Waals surface area contributed by atoms with Gasteiger partial charge in [0, 0.05) is 36.9 Å². The van der Waals surface area contributed by atoms with Crippen molar-refractivity contribution in [2.24, 2.45) is 11.1 Å². The number of carboxylic acids is 1. The zero-order valence-corrected chi connectivity index (χ0v) is 16.1. The third kappa shape index (κ3) is 3.14. The van der Waals surface area contributed by atoms with E-state index in [0.717, 1.165) is 18.9 Å². The summed E-state index contributed by atoms with van der Waals surface area (Å²) in [5.41, 5.74) is 8.03. The van der Waals surface area contributed by atoms with E-state index in [1.54, 1.807) is 15.7 Å². The van der Waals surface area contributed by atoms with Gasteiger partial charge >= 0.3 is 5.97 Å². The van der Waals surface area contributed by atoms with Crippen molar-refractivity contribution in [3.05, 3.63) is 45.8 Å². The molecule has 1 unspecified atom stereocenters. The van der Waals surface area contributed by atoms with Gasteiger partial charge in [-0.15, -0.1) is 0 Å². The second kappa shape index (κ2) is 6.82. The Morgan fingerprint density at radius 3 is 2.83 bits per heavy atom. The zero-order valence-electron chi connectivity index (χ0n) is 16.1. The highest BCUT2D eigenvalue weighted by atomic mass is 19.1. The minimum atomic E-state index is -1.34. The molecule has 1 atom stereocenters. The minimum absolute atomic E-state index is 0.0435. The maximum atomic E-state index is 15.0. The van der Waals surface area contributed by atoms with Crippen LogP contribution in [0.5, 0.6) is 0 Å². The average molecular weight is 403 g/mol. The van der Waals surface area contributed by atoms with Crippen molar-refractivity contribution < 1.29 is 19.1 Å². The fourth-order valence-corrected chi connectivity index (χ4v) is 3.61. The largest absolute Gasteiger partial charge is 0.477 e. The Hall–Kier alpha value is -2.98. The van der Waals surface area contributed by atoms with Gasteiger partial charge in [-0.1, -0.05) is 6.92 Å². The number of carboxylic acid groups (broad SMARTS) is 1. The summed E-state index contributed by atoms with van der Waals surface area (Å²) >= 11 is 0. The highest BCUT2D eigenvalue weighted by molar-refractivity contribution is 5.92.